The zero-order valence-electron chi connectivity index (χ0n) is 19.8. The summed E-state index contributed by atoms with van der Waals surface area (Å²) in [7, 11) is 0. The topological polar surface area (TPSA) is 9.23 Å². The van der Waals surface area contributed by atoms with E-state index < -0.39 is 0 Å². The van der Waals surface area contributed by atoms with E-state index in [9.17, 15) is 0 Å². The molecule has 0 radical (unpaired) electrons. The third-order valence-electron chi connectivity index (χ3n) is 8.70. The number of ether oxygens (including phenoxy) is 1. The summed E-state index contributed by atoms with van der Waals surface area (Å²) in [5.41, 5.74) is 4.90. The predicted molar refractivity (Wildman–Crippen MR) is 128 cm³/mol. The molecule has 30 heavy (non-hydrogen) atoms. The standard InChI is InChI=1S/C29H46O/c1-3-5-6-7-17-30-29-16-15-27-20-26(13-14-28(27)21-29)25-12-11-23-18-22(8-4-2)9-10-24(23)19-25/h9-10,18,25-29H,3-8,11-17,19-21H2,1-2H3. The summed E-state index contributed by atoms with van der Waals surface area (Å²) in [4.78, 5) is 0. The largest absolute Gasteiger partial charge is 0.378 e. The Hall–Kier alpha value is -0.820. The van der Waals surface area contributed by atoms with E-state index in [1.807, 2.05) is 0 Å². The van der Waals surface area contributed by atoms with Gasteiger partial charge in [-0.1, -0.05) is 57.7 Å². The van der Waals surface area contributed by atoms with Gasteiger partial charge in [0, 0.05) is 6.61 Å². The molecule has 0 amide bonds. The molecule has 0 spiro atoms. The molecular formula is C29H46O. The van der Waals surface area contributed by atoms with E-state index in [-0.39, 0.29) is 0 Å². The van der Waals surface area contributed by atoms with Crippen molar-refractivity contribution in [3.05, 3.63) is 34.9 Å². The van der Waals surface area contributed by atoms with Gasteiger partial charge in [-0.2, -0.15) is 0 Å². The molecule has 1 aromatic carbocycles. The number of unbranched alkanes of at least 4 members (excludes halogenated alkanes) is 3. The highest BCUT2D eigenvalue weighted by Crippen LogP contribution is 2.47. The first-order valence-corrected chi connectivity index (χ1v) is 13.5. The van der Waals surface area contributed by atoms with E-state index in [1.165, 1.54) is 96.3 Å². The van der Waals surface area contributed by atoms with Crippen LogP contribution in [0.1, 0.15) is 108 Å². The van der Waals surface area contributed by atoms with Crippen LogP contribution in [0.3, 0.4) is 0 Å². The van der Waals surface area contributed by atoms with Crippen molar-refractivity contribution in [2.45, 2.75) is 116 Å². The molecular weight excluding hydrogens is 364 g/mol. The fourth-order valence-electron chi connectivity index (χ4n) is 6.92. The van der Waals surface area contributed by atoms with Crippen molar-refractivity contribution in [2.24, 2.45) is 23.7 Å². The molecule has 0 aromatic heterocycles. The Labute approximate surface area is 186 Å². The van der Waals surface area contributed by atoms with Crippen molar-refractivity contribution >= 4 is 0 Å². The Bertz CT molecular complexity index is 650. The second-order valence-electron chi connectivity index (χ2n) is 10.8. The van der Waals surface area contributed by atoms with Crippen LogP contribution in [-0.4, -0.2) is 12.7 Å². The van der Waals surface area contributed by atoms with Crippen LogP contribution in [0.2, 0.25) is 0 Å². The van der Waals surface area contributed by atoms with Crippen LogP contribution in [0.4, 0.5) is 0 Å². The SMILES string of the molecule is CCCCCCOC1CCC2CC(C3CCc4cc(CCC)ccc4C3)CCC2C1. The van der Waals surface area contributed by atoms with Crippen LogP contribution in [0.25, 0.3) is 0 Å². The highest BCUT2D eigenvalue weighted by molar-refractivity contribution is 5.34. The van der Waals surface area contributed by atoms with Crippen molar-refractivity contribution in [2.75, 3.05) is 6.61 Å². The van der Waals surface area contributed by atoms with Gasteiger partial charge in [0.1, 0.15) is 0 Å². The molecule has 5 atom stereocenters. The molecule has 4 rings (SSSR count). The second-order valence-corrected chi connectivity index (χ2v) is 10.8. The smallest absolute Gasteiger partial charge is 0.0578 e. The van der Waals surface area contributed by atoms with E-state index in [2.05, 4.69) is 32.0 Å². The fraction of sp³-hybridized carbons (Fsp3) is 0.793. The molecule has 1 heteroatoms. The average molecular weight is 411 g/mol. The summed E-state index contributed by atoms with van der Waals surface area (Å²) >= 11 is 0. The Kier molecular flexibility index (Phi) is 8.33. The lowest BCUT2D eigenvalue weighted by atomic mass is 9.62. The minimum atomic E-state index is 0.573. The molecule has 0 bridgehead atoms. The zero-order chi connectivity index (χ0) is 20.8. The van der Waals surface area contributed by atoms with Gasteiger partial charge in [0.05, 0.1) is 6.10 Å². The van der Waals surface area contributed by atoms with Gasteiger partial charge in [-0.05, 0) is 111 Å². The average Bonchev–Trinajstić information content (AvgIpc) is 2.78. The number of benzene rings is 1. The van der Waals surface area contributed by atoms with E-state index in [4.69, 9.17) is 4.74 Å². The third kappa shape index (κ3) is 5.70. The molecule has 2 fully saturated rings. The first-order chi connectivity index (χ1) is 14.8. The van der Waals surface area contributed by atoms with Crippen molar-refractivity contribution in [3.63, 3.8) is 0 Å². The summed E-state index contributed by atoms with van der Waals surface area (Å²) < 4.78 is 6.29. The van der Waals surface area contributed by atoms with Crippen LogP contribution in [0, 0.1) is 23.7 Å². The maximum Gasteiger partial charge on any atom is 0.0578 e. The van der Waals surface area contributed by atoms with Gasteiger partial charge in [0.25, 0.3) is 0 Å². The molecule has 2 saturated carbocycles. The van der Waals surface area contributed by atoms with Crippen LogP contribution in [0.5, 0.6) is 0 Å². The summed E-state index contributed by atoms with van der Waals surface area (Å²) in [5, 5.41) is 0. The molecule has 1 aromatic rings. The number of rotatable bonds is 9. The van der Waals surface area contributed by atoms with Gasteiger partial charge >= 0.3 is 0 Å². The number of hydrogen-bond acceptors (Lipinski definition) is 1. The highest BCUT2D eigenvalue weighted by atomic mass is 16.5. The normalized spacial score (nSPS) is 31.2. The monoisotopic (exact) mass is 410 g/mol. The van der Waals surface area contributed by atoms with E-state index in [0.717, 1.165) is 30.3 Å². The molecule has 0 saturated heterocycles. The summed E-state index contributed by atoms with van der Waals surface area (Å²) in [6.45, 7) is 5.58. The Morgan fingerprint density at radius 2 is 1.57 bits per heavy atom. The van der Waals surface area contributed by atoms with Gasteiger partial charge in [-0.15, -0.1) is 0 Å². The molecule has 0 aliphatic heterocycles. The minimum absolute atomic E-state index is 0.573. The molecule has 0 heterocycles. The molecule has 5 unspecified atom stereocenters. The first kappa shape index (κ1) is 22.4. The Morgan fingerprint density at radius 1 is 0.767 bits per heavy atom. The third-order valence-corrected chi connectivity index (χ3v) is 8.70. The molecule has 3 aliphatic rings. The summed E-state index contributed by atoms with van der Waals surface area (Å²) in [5.74, 6) is 3.89. The maximum atomic E-state index is 6.29. The first-order valence-electron chi connectivity index (χ1n) is 13.5. The van der Waals surface area contributed by atoms with Crippen molar-refractivity contribution < 1.29 is 4.74 Å². The number of aryl methyl sites for hydroxylation is 2. The van der Waals surface area contributed by atoms with Gasteiger partial charge in [0.15, 0.2) is 0 Å². The van der Waals surface area contributed by atoms with Gasteiger partial charge in [0.2, 0.25) is 0 Å². The lowest BCUT2D eigenvalue weighted by Gasteiger charge is -2.45. The van der Waals surface area contributed by atoms with Crippen LogP contribution < -0.4 is 0 Å². The summed E-state index contributed by atoms with van der Waals surface area (Å²) in [6, 6.07) is 7.40. The second kappa shape index (κ2) is 11.2. The Balaban J connectivity index is 1.24. The van der Waals surface area contributed by atoms with Gasteiger partial charge in [-0.3, -0.25) is 0 Å². The minimum Gasteiger partial charge on any atom is -0.378 e. The number of fused-ring (bicyclic) bond motifs is 2. The lowest BCUT2D eigenvalue weighted by molar-refractivity contribution is -0.0250. The zero-order valence-corrected chi connectivity index (χ0v) is 19.8. The van der Waals surface area contributed by atoms with Crippen molar-refractivity contribution in [1.82, 2.24) is 0 Å². The van der Waals surface area contributed by atoms with Crippen LogP contribution in [-0.2, 0) is 24.0 Å². The number of hydrogen-bond donors (Lipinski definition) is 0. The highest BCUT2D eigenvalue weighted by Gasteiger charge is 2.38. The van der Waals surface area contributed by atoms with Crippen molar-refractivity contribution in [3.8, 4) is 0 Å². The van der Waals surface area contributed by atoms with Gasteiger partial charge < -0.3 is 4.74 Å². The quantitative estimate of drug-likeness (QED) is 0.376. The molecule has 0 N–H and O–H groups in total. The maximum absolute atomic E-state index is 6.29. The van der Waals surface area contributed by atoms with Crippen LogP contribution >= 0.6 is 0 Å². The van der Waals surface area contributed by atoms with E-state index in [1.54, 1.807) is 16.7 Å². The van der Waals surface area contributed by atoms with E-state index in [0.29, 0.717) is 6.10 Å². The summed E-state index contributed by atoms with van der Waals surface area (Å²) in [6.07, 6.45) is 21.1. The lowest BCUT2D eigenvalue weighted by Crippen LogP contribution is -2.37. The van der Waals surface area contributed by atoms with Crippen molar-refractivity contribution in [1.29, 1.82) is 0 Å². The molecule has 3 aliphatic carbocycles. The predicted octanol–water partition coefficient (Wildman–Crippen LogP) is 7.93. The molecule has 1 nitrogen and oxygen atoms in total. The Morgan fingerprint density at radius 3 is 2.40 bits per heavy atom. The van der Waals surface area contributed by atoms with Crippen LogP contribution in [0.15, 0.2) is 18.2 Å². The molecule has 168 valence electrons. The van der Waals surface area contributed by atoms with E-state index >= 15 is 0 Å². The van der Waals surface area contributed by atoms with Gasteiger partial charge in [-0.25, -0.2) is 0 Å². The fourth-order valence-corrected chi connectivity index (χ4v) is 6.92.